The maximum Gasteiger partial charge on any atom is 0.306 e. The number of hydrogen-bond donors (Lipinski definition) is 1. The Bertz CT molecular complexity index is 882. The van der Waals surface area contributed by atoms with E-state index in [2.05, 4.69) is 10.1 Å². The van der Waals surface area contributed by atoms with Crippen LogP contribution in [0.4, 0.5) is 0 Å². The Labute approximate surface area is 158 Å². The Balaban J connectivity index is 1.73. The van der Waals surface area contributed by atoms with Gasteiger partial charge in [-0.3, -0.25) is 9.59 Å². The van der Waals surface area contributed by atoms with Gasteiger partial charge in [0.25, 0.3) is 0 Å². The molecule has 1 saturated heterocycles. The van der Waals surface area contributed by atoms with Crippen molar-refractivity contribution >= 4 is 22.9 Å². The van der Waals surface area contributed by atoms with Gasteiger partial charge in [0, 0.05) is 32.3 Å². The van der Waals surface area contributed by atoms with Crippen molar-refractivity contribution in [3.8, 4) is 5.88 Å². The third-order valence-electron chi connectivity index (χ3n) is 5.50. The van der Waals surface area contributed by atoms with Gasteiger partial charge in [-0.25, -0.2) is 9.67 Å². The molecule has 0 saturated carbocycles. The lowest BCUT2D eigenvalue weighted by Gasteiger charge is -2.30. The molecule has 2 aromatic rings. The fourth-order valence-electron chi connectivity index (χ4n) is 3.87. The van der Waals surface area contributed by atoms with Gasteiger partial charge in [0.05, 0.1) is 18.4 Å². The van der Waals surface area contributed by atoms with Crippen LogP contribution in [0.5, 0.6) is 5.88 Å². The number of aryl methyl sites for hydroxylation is 3. The number of amides is 1. The number of methoxy groups -OCH3 is 1. The van der Waals surface area contributed by atoms with Crippen LogP contribution in [-0.4, -0.2) is 56.8 Å². The van der Waals surface area contributed by atoms with Crippen LogP contribution < -0.4 is 4.74 Å². The molecule has 3 heterocycles. The number of hydrogen-bond acceptors (Lipinski definition) is 5. The molecule has 8 nitrogen and oxygen atoms in total. The maximum atomic E-state index is 12.6. The highest BCUT2D eigenvalue weighted by atomic mass is 16.5. The summed E-state index contributed by atoms with van der Waals surface area (Å²) in [6.07, 6.45) is 2.03. The van der Waals surface area contributed by atoms with Crippen molar-refractivity contribution < 1.29 is 19.4 Å². The van der Waals surface area contributed by atoms with Crippen molar-refractivity contribution in [2.45, 2.75) is 39.5 Å². The second-order valence-corrected chi connectivity index (χ2v) is 7.13. The Morgan fingerprint density at radius 1 is 1.26 bits per heavy atom. The topological polar surface area (TPSA) is 97.5 Å². The van der Waals surface area contributed by atoms with Gasteiger partial charge < -0.3 is 14.7 Å². The number of carbonyl (C=O) groups excluding carboxylic acids is 1. The van der Waals surface area contributed by atoms with E-state index in [0.717, 1.165) is 27.9 Å². The number of aliphatic carboxylic acids is 1. The summed E-state index contributed by atoms with van der Waals surface area (Å²) in [6.45, 7) is 4.99. The first-order chi connectivity index (χ1) is 12.8. The molecule has 146 valence electrons. The number of carboxylic acid groups (broad SMARTS) is 1. The number of pyridine rings is 1. The van der Waals surface area contributed by atoms with Gasteiger partial charge in [0.1, 0.15) is 0 Å². The monoisotopic (exact) mass is 374 g/mol. The standard InChI is InChI=1S/C19H26N4O4/c1-11-14(12(2)20-17-16(11)18(27-4)21-22(17)3)5-6-15(24)23-9-7-13(8-10-23)19(25)26/h13H,5-10H2,1-4H3,(H,25,26). The predicted molar refractivity (Wildman–Crippen MR) is 99.8 cm³/mol. The maximum absolute atomic E-state index is 12.6. The summed E-state index contributed by atoms with van der Waals surface area (Å²) >= 11 is 0. The zero-order valence-corrected chi connectivity index (χ0v) is 16.3. The Morgan fingerprint density at radius 3 is 2.52 bits per heavy atom. The largest absolute Gasteiger partial charge is 0.481 e. The first kappa shape index (κ1) is 19.1. The fourth-order valence-corrected chi connectivity index (χ4v) is 3.87. The molecule has 1 aliphatic heterocycles. The van der Waals surface area contributed by atoms with Crippen LogP contribution in [0.15, 0.2) is 0 Å². The van der Waals surface area contributed by atoms with Gasteiger partial charge >= 0.3 is 5.97 Å². The van der Waals surface area contributed by atoms with E-state index in [1.807, 2.05) is 20.9 Å². The fraction of sp³-hybridized carbons (Fsp3) is 0.579. The molecule has 0 aromatic carbocycles. The molecule has 0 atom stereocenters. The number of fused-ring (bicyclic) bond motifs is 1. The molecule has 3 rings (SSSR count). The molecule has 8 heteroatoms. The lowest BCUT2D eigenvalue weighted by Crippen LogP contribution is -2.40. The van der Waals surface area contributed by atoms with Crippen molar-refractivity contribution in [2.75, 3.05) is 20.2 Å². The molecule has 0 unspecified atom stereocenters. The molecule has 0 spiro atoms. The summed E-state index contributed by atoms with van der Waals surface area (Å²) in [5, 5.41) is 14.3. The molecule has 27 heavy (non-hydrogen) atoms. The van der Waals surface area contributed by atoms with Gasteiger partial charge in [-0.1, -0.05) is 0 Å². The van der Waals surface area contributed by atoms with Crippen LogP contribution in [0, 0.1) is 19.8 Å². The minimum atomic E-state index is -0.766. The summed E-state index contributed by atoms with van der Waals surface area (Å²) < 4.78 is 7.08. The molecular formula is C19H26N4O4. The van der Waals surface area contributed by atoms with E-state index in [4.69, 9.17) is 9.84 Å². The van der Waals surface area contributed by atoms with Crippen LogP contribution in [0.1, 0.15) is 36.1 Å². The highest BCUT2D eigenvalue weighted by Crippen LogP contribution is 2.30. The summed E-state index contributed by atoms with van der Waals surface area (Å²) in [6, 6.07) is 0. The number of nitrogens with zero attached hydrogens (tertiary/aromatic N) is 4. The minimum Gasteiger partial charge on any atom is -0.481 e. The SMILES string of the molecule is COc1nn(C)c2nc(C)c(CCC(=O)N3CCC(C(=O)O)CC3)c(C)c12. The van der Waals surface area contributed by atoms with Crippen molar-refractivity contribution in [1.29, 1.82) is 0 Å². The molecule has 0 radical (unpaired) electrons. The van der Waals surface area contributed by atoms with Crippen molar-refractivity contribution in [2.24, 2.45) is 13.0 Å². The van der Waals surface area contributed by atoms with Crippen molar-refractivity contribution in [3.05, 3.63) is 16.8 Å². The average Bonchev–Trinajstić information content (AvgIpc) is 2.97. The number of likely N-dealkylation sites (tertiary alicyclic amines) is 1. The van der Waals surface area contributed by atoms with Crippen molar-refractivity contribution in [1.82, 2.24) is 19.7 Å². The quantitative estimate of drug-likeness (QED) is 0.858. The van der Waals surface area contributed by atoms with Crippen LogP contribution in [0.2, 0.25) is 0 Å². The van der Waals surface area contributed by atoms with Gasteiger partial charge in [-0.15, -0.1) is 5.10 Å². The number of carbonyl (C=O) groups is 2. The van der Waals surface area contributed by atoms with Crippen LogP contribution >= 0.6 is 0 Å². The second kappa shape index (κ2) is 7.54. The van der Waals surface area contributed by atoms with E-state index >= 15 is 0 Å². The summed E-state index contributed by atoms with van der Waals surface area (Å²) in [7, 11) is 3.42. The molecule has 2 aromatic heterocycles. The van der Waals surface area contributed by atoms with Crippen LogP contribution in [0.3, 0.4) is 0 Å². The summed E-state index contributed by atoms with van der Waals surface area (Å²) in [4.78, 5) is 30.1. The Hall–Kier alpha value is -2.64. The third-order valence-corrected chi connectivity index (χ3v) is 5.50. The predicted octanol–water partition coefficient (Wildman–Crippen LogP) is 1.85. The van der Waals surface area contributed by atoms with Gasteiger partial charge in [0.15, 0.2) is 5.65 Å². The molecule has 1 fully saturated rings. The number of carboxylic acids is 1. The van der Waals surface area contributed by atoms with E-state index in [1.165, 1.54) is 0 Å². The lowest BCUT2D eigenvalue weighted by molar-refractivity contribution is -0.145. The molecule has 0 aliphatic carbocycles. The van der Waals surface area contributed by atoms with Crippen LogP contribution in [-0.2, 0) is 23.1 Å². The number of piperidine rings is 1. The first-order valence-electron chi connectivity index (χ1n) is 9.20. The first-order valence-corrected chi connectivity index (χ1v) is 9.20. The molecule has 1 N–H and O–H groups in total. The van der Waals surface area contributed by atoms with E-state index in [1.54, 1.807) is 16.7 Å². The van der Waals surface area contributed by atoms with Gasteiger partial charge in [-0.2, -0.15) is 0 Å². The summed E-state index contributed by atoms with van der Waals surface area (Å²) in [5.41, 5.74) is 3.75. The molecule has 1 amide bonds. The molecule has 0 bridgehead atoms. The highest BCUT2D eigenvalue weighted by Gasteiger charge is 2.27. The van der Waals surface area contributed by atoms with Gasteiger partial charge in [0.2, 0.25) is 11.8 Å². The Morgan fingerprint density at radius 2 is 1.93 bits per heavy atom. The van der Waals surface area contributed by atoms with E-state index in [9.17, 15) is 9.59 Å². The number of ether oxygens (including phenoxy) is 1. The van der Waals surface area contributed by atoms with E-state index in [0.29, 0.717) is 44.7 Å². The van der Waals surface area contributed by atoms with E-state index in [-0.39, 0.29) is 11.8 Å². The lowest BCUT2D eigenvalue weighted by atomic mass is 9.96. The zero-order chi connectivity index (χ0) is 19.7. The third kappa shape index (κ3) is 3.61. The Kier molecular flexibility index (Phi) is 5.34. The molecular weight excluding hydrogens is 348 g/mol. The van der Waals surface area contributed by atoms with Gasteiger partial charge in [-0.05, 0) is 44.2 Å². The van der Waals surface area contributed by atoms with E-state index < -0.39 is 5.97 Å². The summed E-state index contributed by atoms with van der Waals surface area (Å²) in [5.74, 6) is -0.488. The average molecular weight is 374 g/mol. The smallest absolute Gasteiger partial charge is 0.306 e. The highest BCUT2D eigenvalue weighted by molar-refractivity contribution is 5.86. The number of aromatic nitrogens is 3. The normalized spacial score (nSPS) is 15.3. The zero-order valence-electron chi connectivity index (χ0n) is 16.3. The van der Waals surface area contributed by atoms with Crippen LogP contribution in [0.25, 0.3) is 11.0 Å². The van der Waals surface area contributed by atoms with Crippen molar-refractivity contribution in [3.63, 3.8) is 0 Å². The number of rotatable bonds is 5. The molecule has 1 aliphatic rings. The second-order valence-electron chi connectivity index (χ2n) is 7.13. The minimum absolute atomic E-state index is 0.0656.